The maximum absolute atomic E-state index is 12.8. The molecule has 0 saturated heterocycles. The number of carbonyl (C=O) groups is 4. The van der Waals surface area contributed by atoms with Gasteiger partial charge in [-0.1, -0.05) is 13.2 Å². The number of esters is 3. The monoisotopic (exact) mass is 427 g/mol. The zero-order valence-electron chi connectivity index (χ0n) is 18.7. The lowest BCUT2D eigenvalue weighted by molar-refractivity contribution is -0.159. The number of nitrogens with one attached hydrogen (secondary N) is 1. The van der Waals surface area contributed by atoms with Crippen molar-refractivity contribution in [2.24, 2.45) is 0 Å². The largest absolute Gasteiger partial charge is 0.460 e. The number of hydrogen-bond acceptors (Lipinski definition) is 8. The summed E-state index contributed by atoms with van der Waals surface area (Å²) in [6, 6.07) is 0. The molecule has 0 aromatic rings. The van der Waals surface area contributed by atoms with Crippen molar-refractivity contribution < 1.29 is 38.1 Å². The van der Waals surface area contributed by atoms with Crippen LogP contribution < -0.4 is 5.32 Å². The van der Waals surface area contributed by atoms with E-state index in [0.717, 1.165) is 12.2 Å². The third-order valence-corrected chi connectivity index (χ3v) is 3.95. The highest BCUT2D eigenvalue weighted by molar-refractivity contribution is 5.85. The molecule has 170 valence electrons. The van der Waals surface area contributed by atoms with E-state index in [-0.39, 0.29) is 19.8 Å². The Morgan fingerprint density at radius 1 is 0.900 bits per heavy atom. The maximum atomic E-state index is 12.8. The van der Waals surface area contributed by atoms with Crippen molar-refractivity contribution in [2.45, 2.75) is 64.7 Å². The highest BCUT2D eigenvalue weighted by Crippen LogP contribution is 2.19. The van der Waals surface area contributed by atoms with Gasteiger partial charge in [-0.2, -0.15) is 0 Å². The SMILES string of the molecule is C=CC(=O)OCC(C)(COC(=O)C=C)NC(=O)C(C)(C)OCCC(C)(C)OC(C)=O. The summed E-state index contributed by atoms with van der Waals surface area (Å²) in [5, 5.41) is 2.70. The minimum Gasteiger partial charge on any atom is -0.460 e. The van der Waals surface area contributed by atoms with Crippen molar-refractivity contribution in [1.29, 1.82) is 0 Å². The van der Waals surface area contributed by atoms with Crippen molar-refractivity contribution in [3.63, 3.8) is 0 Å². The third-order valence-electron chi connectivity index (χ3n) is 3.95. The molecule has 0 aromatic heterocycles. The van der Waals surface area contributed by atoms with E-state index in [9.17, 15) is 19.2 Å². The fraction of sp³-hybridized carbons (Fsp3) is 0.619. The molecule has 0 saturated carbocycles. The summed E-state index contributed by atoms with van der Waals surface area (Å²) < 4.78 is 20.9. The Labute approximate surface area is 177 Å². The van der Waals surface area contributed by atoms with Gasteiger partial charge in [0.25, 0.3) is 5.91 Å². The van der Waals surface area contributed by atoms with Crippen LogP contribution >= 0.6 is 0 Å². The molecule has 0 rings (SSSR count). The van der Waals surface area contributed by atoms with Crippen LogP contribution in [0.2, 0.25) is 0 Å². The molecule has 0 heterocycles. The van der Waals surface area contributed by atoms with E-state index < -0.39 is 40.6 Å². The molecule has 9 heteroatoms. The molecule has 0 spiro atoms. The molecule has 0 aliphatic carbocycles. The van der Waals surface area contributed by atoms with Crippen LogP contribution in [0.5, 0.6) is 0 Å². The highest BCUT2D eigenvalue weighted by Gasteiger charge is 2.37. The van der Waals surface area contributed by atoms with Crippen molar-refractivity contribution in [3.8, 4) is 0 Å². The number of amides is 1. The summed E-state index contributed by atoms with van der Waals surface area (Å²) in [5.41, 5.74) is -3.23. The molecule has 1 N–H and O–H groups in total. The van der Waals surface area contributed by atoms with E-state index in [4.69, 9.17) is 18.9 Å². The molecule has 0 fully saturated rings. The second-order valence-corrected chi connectivity index (χ2v) is 8.10. The molecule has 30 heavy (non-hydrogen) atoms. The fourth-order valence-corrected chi connectivity index (χ4v) is 2.17. The van der Waals surface area contributed by atoms with Crippen LogP contribution in [0.25, 0.3) is 0 Å². The van der Waals surface area contributed by atoms with Crippen LogP contribution in [0, 0.1) is 0 Å². The number of hydrogen-bond donors (Lipinski definition) is 1. The summed E-state index contributed by atoms with van der Waals surface area (Å²) in [6.45, 7) is 15.7. The summed E-state index contributed by atoms with van der Waals surface area (Å²) >= 11 is 0. The Kier molecular flexibility index (Phi) is 10.5. The van der Waals surface area contributed by atoms with Crippen LogP contribution in [0.15, 0.2) is 25.3 Å². The Bertz CT molecular complexity index is 642. The fourth-order valence-electron chi connectivity index (χ4n) is 2.17. The molecular formula is C21H33NO8. The van der Waals surface area contributed by atoms with Gasteiger partial charge in [0.15, 0.2) is 0 Å². The Balaban J connectivity index is 5.08. The van der Waals surface area contributed by atoms with Gasteiger partial charge in [-0.05, 0) is 34.6 Å². The molecule has 0 aliphatic rings. The molecular weight excluding hydrogens is 394 g/mol. The summed E-state index contributed by atoms with van der Waals surface area (Å²) in [4.78, 5) is 46.8. The second kappa shape index (κ2) is 11.5. The summed E-state index contributed by atoms with van der Waals surface area (Å²) in [7, 11) is 0. The van der Waals surface area contributed by atoms with Gasteiger partial charge < -0.3 is 24.3 Å². The zero-order valence-corrected chi connectivity index (χ0v) is 18.7. The van der Waals surface area contributed by atoms with Crippen LogP contribution in [0.1, 0.15) is 48.0 Å². The van der Waals surface area contributed by atoms with Crippen LogP contribution in [-0.4, -0.2) is 60.4 Å². The lowest BCUT2D eigenvalue weighted by Gasteiger charge is -2.34. The second-order valence-electron chi connectivity index (χ2n) is 8.10. The average Bonchev–Trinajstić information content (AvgIpc) is 2.62. The van der Waals surface area contributed by atoms with Gasteiger partial charge in [0.1, 0.15) is 30.0 Å². The van der Waals surface area contributed by atoms with Gasteiger partial charge in [0.05, 0.1) is 6.61 Å². The maximum Gasteiger partial charge on any atom is 0.330 e. The van der Waals surface area contributed by atoms with Gasteiger partial charge in [-0.15, -0.1) is 0 Å². The molecule has 0 unspecified atom stereocenters. The minimum absolute atomic E-state index is 0.147. The van der Waals surface area contributed by atoms with E-state index in [1.54, 1.807) is 34.6 Å². The first kappa shape index (κ1) is 27.3. The van der Waals surface area contributed by atoms with E-state index in [2.05, 4.69) is 18.5 Å². The van der Waals surface area contributed by atoms with E-state index in [0.29, 0.717) is 6.42 Å². The number of rotatable bonds is 13. The van der Waals surface area contributed by atoms with Crippen LogP contribution in [-0.2, 0) is 38.1 Å². The van der Waals surface area contributed by atoms with Gasteiger partial charge in [0, 0.05) is 25.5 Å². The van der Waals surface area contributed by atoms with Crippen LogP contribution in [0.3, 0.4) is 0 Å². The molecule has 1 amide bonds. The van der Waals surface area contributed by atoms with Crippen LogP contribution in [0.4, 0.5) is 0 Å². The number of ether oxygens (including phenoxy) is 4. The first-order valence-electron chi connectivity index (χ1n) is 9.41. The van der Waals surface area contributed by atoms with E-state index in [1.807, 2.05) is 0 Å². The third kappa shape index (κ3) is 10.8. The van der Waals surface area contributed by atoms with E-state index >= 15 is 0 Å². The quantitative estimate of drug-likeness (QED) is 0.269. The normalized spacial score (nSPS) is 11.8. The molecule has 0 atom stereocenters. The molecule has 0 aliphatic heterocycles. The topological polar surface area (TPSA) is 117 Å². The van der Waals surface area contributed by atoms with Crippen molar-refractivity contribution in [2.75, 3.05) is 19.8 Å². The molecule has 0 bridgehead atoms. The Hall–Kier alpha value is -2.68. The molecule has 0 aromatic carbocycles. The van der Waals surface area contributed by atoms with Gasteiger partial charge in [0.2, 0.25) is 0 Å². The van der Waals surface area contributed by atoms with Gasteiger partial charge >= 0.3 is 17.9 Å². The smallest absolute Gasteiger partial charge is 0.330 e. The Morgan fingerprint density at radius 2 is 1.37 bits per heavy atom. The first-order valence-corrected chi connectivity index (χ1v) is 9.41. The standard InChI is InChI=1S/C21H33NO8/c1-9-16(24)27-13-21(8,14-28-17(25)10-2)22-18(26)20(6,7)29-12-11-19(4,5)30-15(3)23/h9-10H,1-2,11-14H2,3-8H3,(H,22,26). The number of carbonyl (C=O) groups excluding carboxylic acids is 4. The first-order chi connectivity index (χ1) is 13.7. The Morgan fingerprint density at radius 3 is 1.77 bits per heavy atom. The molecule has 9 nitrogen and oxygen atoms in total. The minimum atomic E-state index is -1.27. The van der Waals surface area contributed by atoms with Crippen molar-refractivity contribution >= 4 is 23.8 Å². The highest BCUT2D eigenvalue weighted by atomic mass is 16.6. The van der Waals surface area contributed by atoms with Gasteiger partial charge in [-0.3, -0.25) is 9.59 Å². The van der Waals surface area contributed by atoms with E-state index in [1.165, 1.54) is 6.92 Å². The molecule has 0 radical (unpaired) electrons. The van der Waals surface area contributed by atoms with Crippen molar-refractivity contribution in [1.82, 2.24) is 5.32 Å². The van der Waals surface area contributed by atoms with Gasteiger partial charge in [-0.25, -0.2) is 9.59 Å². The predicted octanol–water partition coefficient (Wildman–Crippen LogP) is 1.85. The average molecular weight is 427 g/mol. The lowest BCUT2D eigenvalue weighted by atomic mass is 10.0. The predicted molar refractivity (Wildman–Crippen MR) is 109 cm³/mol. The zero-order chi connectivity index (χ0) is 23.6. The van der Waals surface area contributed by atoms with Crippen molar-refractivity contribution in [3.05, 3.63) is 25.3 Å². The summed E-state index contributed by atoms with van der Waals surface area (Å²) in [5.74, 6) is -2.29. The summed E-state index contributed by atoms with van der Waals surface area (Å²) in [6.07, 6.45) is 2.33. The lowest BCUT2D eigenvalue weighted by Crippen LogP contribution is -2.58.